The largest absolute Gasteiger partial charge is 0.334 e. The van der Waals surface area contributed by atoms with Crippen molar-refractivity contribution in [3.8, 4) is 0 Å². The van der Waals surface area contributed by atoms with Gasteiger partial charge in [-0.2, -0.15) is 5.10 Å². The number of carbonyl (C=O) groups excluding carboxylic acids is 1. The second-order valence-electron chi connectivity index (χ2n) is 5.62. The van der Waals surface area contributed by atoms with Crippen molar-refractivity contribution in [2.45, 2.75) is 31.7 Å². The molecule has 0 radical (unpaired) electrons. The quantitative estimate of drug-likeness (QED) is 0.776. The van der Waals surface area contributed by atoms with Crippen LogP contribution in [-0.2, 0) is 7.05 Å². The lowest BCUT2D eigenvalue weighted by Crippen LogP contribution is -2.45. The number of amides is 1. The van der Waals surface area contributed by atoms with E-state index in [1.165, 1.54) is 6.42 Å². The van der Waals surface area contributed by atoms with Crippen molar-refractivity contribution in [2.75, 3.05) is 11.9 Å². The van der Waals surface area contributed by atoms with Crippen LogP contribution in [0.4, 0.5) is 0 Å². The molecule has 2 aromatic rings. The maximum absolute atomic E-state index is 12.9. The summed E-state index contributed by atoms with van der Waals surface area (Å²) in [6.07, 6.45) is 4.45. The molecule has 1 amide bonds. The van der Waals surface area contributed by atoms with Gasteiger partial charge in [0.2, 0.25) is 0 Å². The van der Waals surface area contributed by atoms with E-state index in [1.54, 1.807) is 4.68 Å². The summed E-state index contributed by atoms with van der Waals surface area (Å²) < 4.78 is 1.80. The van der Waals surface area contributed by atoms with E-state index in [0.717, 1.165) is 42.0 Å². The van der Waals surface area contributed by atoms with Crippen molar-refractivity contribution >= 4 is 32.7 Å². The third-order valence-corrected chi connectivity index (χ3v) is 4.83. The highest BCUT2D eigenvalue weighted by molar-refractivity contribution is 9.09. The summed E-state index contributed by atoms with van der Waals surface area (Å²) in [7, 11) is 1.89. The number of halogens is 1. The lowest BCUT2D eigenvalue weighted by molar-refractivity contribution is 0.0576. The Kier molecular flexibility index (Phi) is 4.29. The van der Waals surface area contributed by atoms with Crippen molar-refractivity contribution in [1.29, 1.82) is 0 Å². The molecule has 0 bridgehead atoms. The predicted octanol–water partition coefficient (Wildman–Crippen LogP) is 3.35. The van der Waals surface area contributed by atoms with Gasteiger partial charge in [-0.15, -0.1) is 0 Å². The van der Waals surface area contributed by atoms with Crippen molar-refractivity contribution in [2.24, 2.45) is 7.05 Å². The molecular weight excluding hydrogens is 330 g/mol. The van der Waals surface area contributed by atoms with Crippen LogP contribution in [-0.4, -0.2) is 38.5 Å². The predicted molar refractivity (Wildman–Crippen MR) is 87.8 cm³/mol. The molecule has 1 aromatic heterocycles. The molecule has 112 valence electrons. The Hall–Kier alpha value is -1.36. The van der Waals surface area contributed by atoms with E-state index in [1.807, 2.05) is 36.2 Å². The van der Waals surface area contributed by atoms with E-state index >= 15 is 0 Å². The van der Waals surface area contributed by atoms with Gasteiger partial charge in [0, 0.05) is 30.4 Å². The minimum absolute atomic E-state index is 0.0810. The molecule has 5 heteroatoms. The fourth-order valence-corrected chi connectivity index (χ4v) is 3.14. The van der Waals surface area contributed by atoms with Crippen LogP contribution in [0.3, 0.4) is 0 Å². The van der Waals surface area contributed by atoms with Crippen LogP contribution in [0, 0.1) is 0 Å². The first-order valence-electron chi connectivity index (χ1n) is 7.51. The summed E-state index contributed by atoms with van der Waals surface area (Å²) in [5.41, 5.74) is 1.60. The number of nitrogens with zero attached hydrogens (tertiary/aromatic N) is 3. The average Bonchev–Trinajstić information content (AvgIpc) is 2.78. The number of aryl methyl sites for hydroxylation is 1. The normalized spacial score (nSPS) is 15.1. The first kappa shape index (κ1) is 14.6. The highest BCUT2D eigenvalue weighted by atomic mass is 79.9. The number of rotatable bonds is 5. The molecule has 1 saturated carbocycles. The molecule has 1 aliphatic carbocycles. The maximum Gasteiger partial charge on any atom is 0.275 e. The van der Waals surface area contributed by atoms with E-state index in [-0.39, 0.29) is 5.91 Å². The number of alkyl halides is 1. The number of aromatic nitrogens is 2. The molecule has 0 spiro atoms. The van der Waals surface area contributed by atoms with Crippen LogP contribution in [0.5, 0.6) is 0 Å². The number of hydrogen-bond acceptors (Lipinski definition) is 2. The summed E-state index contributed by atoms with van der Waals surface area (Å²) in [5, 5.41) is 6.35. The molecule has 0 unspecified atom stereocenters. The summed E-state index contributed by atoms with van der Waals surface area (Å²) >= 11 is 3.46. The van der Waals surface area contributed by atoms with Gasteiger partial charge in [-0.3, -0.25) is 9.48 Å². The highest BCUT2D eigenvalue weighted by Gasteiger charge is 2.31. The van der Waals surface area contributed by atoms with Crippen LogP contribution in [0.15, 0.2) is 24.3 Å². The van der Waals surface area contributed by atoms with Gasteiger partial charge in [0.15, 0.2) is 5.69 Å². The monoisotopic (exact) mass is 349 g/mol. The number of benzene rings is 1. The van der Waals surface area contributed by atoms with Gasteiger partial charge in [-0.25, -0.2) is 0 Å². The van der Waals surface area contributed by atoms with Gasteiger partial charge in [-0.1, -0.05) is 34.1 Å². The van der Waals surface area contributed by atoms with Crippen molar-refractivity contribution in [3.63, 3.8) is 0 Å². The molecule has 0 N–H and O–H groups in total. The SMILES string of the molecule is Cn1nc(C(=O)N(CCCBr)C2CCC2)c2ccccc21. The molecule has 21 heavy (non-hydrogen) atoms. The average molecular weight is 350 g/mol. The Bertz CT molecular complexity index is 648. The molecule has 0 aliphatic heterocycles. The van der Waals surface area contributed by atoms with Crippen LogP contribution < -0.4 is 0 Å². The minimum Gasteiger partial charge on any atom is -0.334 e. The molecule has 1 fully saturated rings. The molecule has 0 atom stereocenters. The molecule has 1 aliphatic rings. The molecule has 0 saturated heterocycles. The van der Waals surface area contributed by atoms with Gasteiger partial charge < -0.3 is 4.90 Å². The van der Waals surface area contributed by atoms with Gasteiger partial charge in [0.05, 0.1) is 5.52 Å². The molecular formula is C16H20BrN3O. The van der Waals surface area contributed by atoms with E-state index < -0.39 is 0 Å². The second-order valence-corrected chi connectivity index (χ2v) is 6.41. The second kappa shape index (κ2) is 6.18. The van der Waals surface area contributed by atoms with Crippen molar-refractivity contribution in [1.82, 2.24) is 14.7 Å². The number of para-hydroxylation sites is 1. The Labute approximate surface area is 133 Å². The molecule has 1 aromatic carbocycles. The third kappa shape index (κ3) is 2.71. The number of carbonyl (C=O) groups is 1. The van der Waals surface area contributed by atoms with E-state index in [4.69, 9.17) is 0 Å². The summed E-state index contributed by atoms with van der Waals surface area (Å²) in [4.78, 5) is 15.0. The highest BCUT2D eigenvalue weighted by Crippen LogP contribution is 2.28. The first-order valence-corrected chi connectivity index (χ1v) is 8.63. The topological polar surface area (TPSA) is 38.1 Å². The molecule has 1 heterocycles. The van der Waals surface area contributed by atoms with Crippen molar-refractivity contribution in [3.05, 3.63) is 30.0 Å². The van der Waals surface area contributed by atoms with Gasteiger partial charge >= 0.3 is 0 Å². The number of fused-ring (bicyclic) bond motifs is 1. The third-order valence-electron chi connectivity index (χ3n) is 4.27. The summed E-state index contributed by atoms with van der Waals surface area (Å²) in [6, 6.07) is 8.33. The lowest BCUT2D eigenvalue weighted by atomic mass is 9.91. The summed E-state index contributed by atoms with van der Waals surface area (Å²) in [5.74, 6) is 0.0810. The fourth-order valence-electron chi connectivity index (χ4n) is 2.89. The zero-order valence-electron chi connectivity index (χ0n) is 12.3. The Morgan fingerprint density at radius 3 is 2.86 bits per heavy atom. The van der Waals surface area contributed by atoms with Crippen LogP contribution in [0.2, 0.25) is 0 Å². The smallest absolute Gasteiger partial charge is 0.275 e. The Balaban J connectivity index is 1.93. The van der Waals surface area contributed by atoms with Crippen LogP contribution in [0.1, 0.15) is 36.2 Å². The van der Waals surface area contributed by atoms with Gasteiger partial charge in [-0.05, 0) is 31.7 Å². The van der Waals surface area contributed by atoms with E-state index in [2.05, 4.69) is 21.0 Å². The Morgan fingerprint density at radius 1 is 1.43 bits per heavy atom. The standard InChI is InChI=1S/C16H20BrN3O/c1-19-14-9-3-2-8-13(14)15(18-19)16(21)20(11-5-10-17)12-6-4-7-12/h2-3,8-9,12H,4-7,10-11H2,1H3. The molecule has 3 rings (SSSR count). The molecule has 4 nitrogen and oxygen atoms in total. The number of hydrogen-bond donors (Lipinski definition) is 0. The minimum atomic E-state index is 0.0810. The zero-order chi connectivity index (χ0) is 14.8. The van der Waals surface area contributed by atoms with E-state index in [9.17, 15) is 4.79 Å². The Morgan fingerprint density at radius 2 is 2.19 bits per heavy atom. The first-order chi connectivity index (χ1) is 10.2. The zero-order valence-corrected chi connectivity index (χ0v) is 13.8. The van der Waals surface area contributed by atoms with Crippen LogP contribution in [0.25, 0.3) is 10.9 Å². The van der Waals surface area contributed by atoms with Gasteiger partial charge in [0.1, 0.15) is 0 Å². The fraction of sp³-hybridized carbons (Fsp3) is 0.500. The van der Waals surface area contributed by atoms with Gasteiger partial charge in [0.25, 0.3) is 5.91 Å². The van der Waals surface area contributed by atoms with E-state index in [0.29, 0.717) is 11.7 Å². The van der Waals surface area contributed by atoms with Crippen molar-refractivity contribution < 1.29 is 4.79 Å². The summed E-state index contributed by atoms with van der Waals surface area (Å²) in [6.45, 7) is 0.805. The maximum atomic E-state index is 12.9. The lowest BCUT2D eigenvalue weighted by Gasteiger charge is -2.37. The van der Waals surface area contributed by atoms with Crippen LogP contribution >= 0.6 is 15.9 Å².